The first-order valence-electron chi connectivity index (χ1n) is 12.7. The van der Waals surface area contributed by atoms with Gasteiger partial charge in [0.05, 0.1) is 0 Å². The van der Waals surface area contributed by atoms with Crippen LogP contribution >= 0.6 is 0 Å². The minimum absolute atomic E-state index is 0.0951. The number of amides is 3. The van der Waals surface area contributed by atoms with Crippen LogP contribution in [0, 0.1) is 18.3 Å². The molecule has 35 heavy (non-hydrogen) atoms. The predicted molar refractivity (Wildman–Crippen MR) is 138 cm³/mol. The van der Waals surface area contributed by atoms with Crippen molar-refractivity contribution in [3.05, 3.63) is 35.4 Å². The van der Waals surface area contributed by atoms with Crippen molar-refractivity contribution in [1.82, 2.24) is 15.5 Å². The van der Waals surface area contributed by atoms with Crippen LogP contribution in [0.3, 0.4) is 0 Å². The summed E-state index contributed by atoms with van der Waals surface area (Å²) in [7, 11) is 0. The molecular formula is C28H41N3O4. The molecule has 1 aromatic carbocycles. The highest BCUT2D eigenvalue weighted by atomic mass is 16.6. The van der Waals surface area contributed by atoms with Crippen LogP contribution in [0.2, 0.25) is 0 Å². The molecule has 7 nitrogen and oxygen atoms in total. The standard InChI is InChI=1S/C28H41N3O4/c1-8-11-18-29-25(32)24(22-15-13-12-14-20(22)10-3)31(21-16-17-21)26(33)23(19(4)9-2)30-27(34)35-28(5,6)7/h3,12-15,19,21,23-24H,8-9,11,16-18H2,1-2,4-7H3,(H,29,32)(H,30,34). The van der Waals surface area contributed by atoms with Crippen LogP contribution in [-0.4, -0.2) is 47.0 Å². The van der Waals surface area contributed by atoms with Gasteiger partial charge in [0.15, 0.2) is 0 Å². The number of unbranched alkanes of at least 4 members (excludes halogenated alkanes) is 1. The van der Waals surface area contributed by atoms with Crippen LogP contribution in [0.15, 0.2) is 24.3 Å². The second-order valence-corrected chi connectivity index (χ2v) is 10.3. The molecule has 1 aromatic rings. The maximum absolute atomic E-state index is 14.1. The van der Waals surface area contributed by atoms with Crippen molar-refractivity contribution < 1.29 is 19.1 Å². The van der Waals surface area contributed by atoms with Gasteiger partial charge in [-0.3, -0.25) is 9.59 Å². The lowest BCUT2D eigenvalue weighted by atomic mass is 9.94. The fourth-order valence-electron chi connectivity index (χ4n) is 3.92. The molecule has 0 radical (unpaired) electrons. The SMILES string of the molecule is C#Cc1ccccc1C(C(=O)NCCCC)N(C(=O)C(NC(=O)OC(C)(C)C)C(C)CC)C1CC1. The van der Waals surface area contributed by atoms with Crippen molar-refractivity contribution in [2.45, 2.75) is 97.4 Å². The monoisotopic (exact) mass is 483 g/mol. The summed E-state index contributed by atoms with van der Waals surface area (Å²) in [5, 5.41) is 5.78. The number of nitrogens with one attached hydrogen (secondary N) is 2. The number of terminal acetylenes is 1. The molecule has 1 fully saturated rings. The maximum Gasteiger partial charge on any atom is 0.408 e. The second kappa shape index (κ2) is 12.6. The fraction of sp³-hybridized carbons (Fsp3) is 0.607. The summed E-state index contributed by atoms with van der Waals surface area (Å²) in [5.74, 6) is 1.94. The van der Waals surface area contributed by atoms with Gasteiger partial charge in [-0.15, -0.1) is 6.42 Å². The van der Waals surface area contributed by atoms with Crippen molar-refractivity contribution in [1.29, 1.82) is 0 Å². The molecule has 1 aliphatic rings. The van der Waals surface area contributed by atoms with Gasteiger partial charge >= 0.3 is 6.09 Å². The van der Waals surface area contributed by atoms with E-state index in [0.29, 0.717) is 24.1 Å². The van der Waals surface area contributed by atoms with Crippen LogP contribution in [0.1, 0.15) is 90.8 Å². The van der Waals surface area contributed by atoms with Crippen molar-refractivity contribution in [2.75, 3.05) is 6.54 Å². The number of rotatable bonds is 11. The van der Waals surface area contributed by atoms with E-state index in [4.69, 9.17) is 11.2 Å². The van der Waals surface area contributed by atoms with Crippen molar-refractivity contribution in [3.8, 4) is 12.3 Å². The summed E-state index contributed by atoms with van der Waals surface area (Å²) < 4.78 is 5.44. The molecule has 2 rings (SSSR count). The van der Waals surface area contributed by atoms with Gasteiger partial charge in [-0.2, -0.15) is 0 Å². The smallest absolute Gasteiger partial charge is 0.408 e. The van der Waals surface area contributed by atoms with Gasteiger partial charge in [0.1, 0.15) is 17.7 Å². The number of hydrogen-bond donors (Lipinski definition) is 2. The van der Waals surface area contributed by atoms with Gasteiger partial charge in [0, 0.05) is 18.2 Å². The van der Waals surface area contributed by atoms with E-state index in [1.54, 1.807) is 31.7 Å². The normalized spacial score (nSPS) is 15.8. The number of nitrogens with zero attached hydrogens (tertiary/aromatic N) is 1. The third-order valence-electron chi connectivity index (χ3n) is 6.11. The lowest BCUT2D eigenvalue weighted by Crippen LogP contribution is -2.56. The Hall–Kier alpha value is -3.01. The summed E-state index contributed by atoms with van der Waals surface area (Å²) in [6, 6.07) is 5.42. The Morgan fingerprint density at radius 1 is 1.20 bits per heavy atom. The Kier molecular flexibility index (Phi) is 10.2. The lowest BCUT2D eigenvalue weighted by Gasteiger charge is -2.36. The largest absolute Gasteiger partial charge is 0.444 e. The Bertz CT molecular complexity index is 927. The number of carbonyl (C=O) groups is 3. The molecule has 2 N–H and O–H groups in total. The zero-order chi connectivity index (χ0) is 26.2. The van der Waals surface area contributed by atoms with Crippen LogP contribution in [0.5, 0.6) is 0 Å². The first-order valence-corrected chi connectivity index (χ1v) is 12.7. The van der Waals surface area contributed by atoms with Crippen molar-refractivity contribution in [3.63, 3.8) is 0 Å². The molecular weight excluding hydrogens is 442 g/mol. The summed E-state index contributed by atoms with van der Waals surface area (Å²) >= 11 is 0. The summed E-state index contributed by atoms with van der Waals surface area (Å²) in [6.45, 7) is 11.8. The van der Waals surface area contributed by atoms with Crippen molar-refractivity contribution in [2.24, 2.45) is 5.92 Å². The molecule has 1 saturated carbocycles. The van der Waals surface area contributed by atoms with E-state index in [1.165, 1.54) is 0 Å². The van der Waals surface area contributed by atoms with Gasteiger partial charge in [-0.25, -0.2) is 4.79 Å². The van der Waals surface area contributed by atoms with E-state index in [0.717, 1.165) is 25.7 Å². The third kappa shape index (κ3) is 8.02. The van der Waals surface area contributed by atoms with E-state index >= 15 is 0 Å². The average Bonchev–Trinajstić information content (AvgIpc) is 3.64. The van der Waals surface area contributed by atoms with Gasteiger partial charge in [-0.05, 0) is 57.6 Å². The summed E-state index contributed by atoms with van der Waals surface area (Å²) in [5.41, 5.74) is 0.489. The topological polar surface area (TPSA) is 87.7 Å². The molecule has 0 aromatic heterocycles. The Morgan fingerprint density at radius 3 is 2.40 bits per heavy atom. The Labute approximate surface area is 210 Å². The highest BCUT2D eigenvalue weighted by Crippen LogP contribution is 2.37. The lowest BCUT2D eigenvalue weighted by molar-refractivity contribution is -0.144. The quantitative estimate of drug-likeness (QED) is 0.357. The predicted octanol–water partition coefficient (Wildman–Crippen LogP) is 4.56. The van der Waals surface area contributed by atoms with E-state index in [-0.39, 0.29) is 23.8 Å². The van der Waals surface area contributed by atoms with E-state index in [2.05, 4.69) is 23.5 Å². The molecule has 0 heterocycles. The first-order chi connectivity index (χ1) is 16.5. The highest BCUT2D eigenvalue weighted by Gasteiger charge is 2.45. The molecule has 3 atom stereocenters. The second-order valence-electron chi connectivity index (χ2n) is 10.3. The molecule has 0 aliphatic heterocycles. The molecule has 3 amide bonds. The van der Waals surface area contributed by atoms with Gasteiger partial charge in [0.25, 0.3) is 0 Å². The maximum atomic E-state index is 14.1. The zero-order valence-electron chi connectivity index (χ0n) is 22.0. The fourth-order valence-corrected chi connectivity index (χ4v) is 3.92. The highest BCUT2D eigenvalue weighted by molar-refractivity contribution is 5.93. The Morgan fingerprint density at radius 2 is 1.86 bits per heavy atom. The summed E-state index contributed by atoms with van der Waals surface area (Å²) in [4.78, 5) is 41.9. The number of benzene rings is 1. The van der Waals surface area contributed by atoms with Gasteiger partial charge in [-0.1, -0.05) is 57.7 Å². The number of ether oxygens (including phenoxy) is 1. The van der Waals surface area contributed by atoms with E-state index < -0.39 is 23.8 Å². The van der Waals surface area contributed by atoms with Gasteiger partial charge in [0.2, 0.25) is 11.8 Å². The minimum Gasteiger partial charge on any atom is -0.444 e. The average molecular weight is 484 g/mol. The third-order valence-corrected chi connectivity index (χ3v) is 6.11. The molecule has 0 bridgehead atoms. The minimum atomic E-state index is -0.883. The molecule has 192 valence electrons. The zero-order valence-corrected chi connectivity index (χ0v) is 22.0. The molecule has 0 spiro atoms. The molecule has 1 aliphatic carbocycles. The van der Waals surface area contributed by atoms with Crippen molar-refractivity contribution >= 4 is 17.9 Å². The van der Waals surface area contributed by atoms with E-state index in [1.807, 2.05) is 32.0 Å². The van der Waals surface area contributed by atoms with Crippen LogP contribution < -0.4 is 10.6 Å². The first kappa shape index (κ1) is 28.2. The van der Waals surface area contributed by atoms with Gasteiger partial charge < -0.3 is 20.3 Å². The molecule has 3 unspecified atom stereocenters. The number of carbonyl (C=O) groups excluding carboxylic acids is 3. The number of hydrogen-bond acceptors (Lipinski definition) is 4. The van der Waals surface area contributed by atoms with Crippen LogP contribution in [0.25, 0.3) is 0 Å². The molecule has 7 heteroatoms. The van der Waals surface area contributed by atoms with Crippen LogP contribution in [0.4, 0.5) is 4.79 Å². The molecule has 0 saturated heterocycles. The number of alkyl carbamates (subject to hydrolysis) is 1. The van der Waals surface area contributed by atoms with Crippen LogP contribution in [-0.2, 0) is 14.3 Å². The van der Waals surface area contributed by atoms with E-state index in [9.17, 15) is 14.4 Å². The summed E-state index contributed by atoms with van der Waals surface area (Å²) in [6.07, 6.45) is 9.15. The Balaban J connectivity index is 2.48.